The molecule has 1 amide bonds. The number of thioether (sulfide) groups is 1. The lowest BCUT2D eigenvalue weighted by atomic mass is 10.2. The van der Waals surface area contributed by atoms with Gasteiger partial charge in [0.25, 0.3) is 0 Å². The van der Waals surface area contributed by atoms with Gasteiger partial charge in [-0.3, -0.25) is 4.79 Å². The van der Waals surface area contributed by atoms with Crippen LogP contribution in [0.4, 0.5) is 0 Å². The molecule has 1 aliphatic carbocycles. The normalized spacial score (nSPS) is 14.4. The Hall–Kier alpha value is -1.00. The second-order valence-corrected chi connectivity index (χ2v) is 5.99. The molecule has 0 heterocycles. The molecule has 19 heavy (non-hydrogen) atoms. The van der Waals surface area contributed by atoms with Gasteiger partial charge in [-0.2, -0.15) is 0 Å². The average molecular weight is 278 g/mol. The molecule has 0 saturated heterocycles. The van der Waals surface area contributed by atoms with E-state index in [4.69, 9.17) is 0 Å². The van der Waals surface area contributed by atoms with E-state index in [1.807, 2.05) is 0 Å². The van der Waals surface area contributed by atoms with Crippen LogP contribution >= 0.6 is 11.8 Å². The lowest BCUT2D eigenvalue weighted by Crippen LogP contribution is -2.25. The number of hydrogen-bond acceptors (Lipinski definition) is 3. The summed E-state index contributed by atoms with van der Waals surface area (Å²) in [4.78, 5) is 12.6. The molecule has 0 spiro atoms. The topological polar surface area (TPSA) is 41.1 Å². The van der Waals surface area contributed by atoms with Crippen molar-refractivity contribution < 1.29 is 4.79 Å². The standard InChI is InChI=1S/C15H22N2OS/c1-2-9-16-15(18)11-19-14-7-3-12(4-8-14)10-17-13-5-6-13/h3-4,7-8,13,17H,2,5-6,9-11H2,1H3,(H,16,18). The average Bonchev–Trinajstić information content (AvgIpc) is 3.26. The lowest BCUT2D eigenvalue weighted by Gasteiger charge is -2.06. The van der Waals surface area contributed by atoms with Crippen LogP contribution in [0.5, 0.6) is 0 Å². The van der Waals surface area contributed by atoms with Gasteiger partial charge in [-0.15, -0.1) is 11.8 Å². The monoisotopic (exact) mass is 278 g/mol. The van der Waals surface area contributed by atoms with Crippen LogP contribution in [-0.2, 0) is 11.3 Å². The van der Waals surface area contributed by atoms with E-state index >= 15 is 0 Å². The second-order valence-electron chi connectivity index (χ2n) is 4.94. The molecule has 1 aromatic rings. The zero-order chi connectivity index (χ0) is 13.5. The number of carbonyl (C=O) groups is 1. The first-order valence-electron chi connectivity index (χ1n) is 6.99. The second kappa shape index (κ2) is 7.56. The summed E-state index contributed by atoms with van der Waals surface area (Å²) in [5.41, 5.74) is 1.31. The molecule has 0 unspecified atom stereocenters. The quantitative estimate of drug-likeness (QED) is 0.718. The fourth-order valence-corrected chi connectivity index (χ4v) is 2.45. The van der Waals surface area contributed by atoms with Crippen LogP contribution in [0.15, 0.2) is 29.2 Å². The van der Waals surface area contributed by atoms with E-state index in [1.165, 1.54) is 18.4 Å². The third kappa shape index (κ3) is 5.66. The Morgan fingerprint density at radius 1 is 1.32 bits per heavy atom. The van der Waals surface area contributed by atoms with Gasteiger partial charge in [0.15, 0.2) is 0 Å². The van der Waals surface area contributed by atoms with E-state index in [2.05, 4.69) is 41.8 Å². The summed E-state index contributed by atoms with van der Waals surface area (Å²) >= 11 is 1.59. The highest BCUT2D eigenvalue weighted by Gasteiger charge is 2.19. The van der Waals surface area contributed by atoms with Gasteiger partial charge in [-0.25, -0.2) is 0 Å². The molecule has 1 saturated carbocycles. The maximum Gasteiger partial charge on any atom is 0.230 e. The zero-order valence-corrected chi connectivity index (χ0v) is 12.3. The minimum atomic E-state index is 0.117. The molecule has 0 radical (unpaired) electrons. The van der Waals surface area contributed by atoms with Gasteiger partial charge in [0, 0.05) is 24.0 Å². The molecule has 104 valence electrons. The van der Waals surface area contributed by atoms with Crippen LogP contribution in [-0.4, -0.2) is 24.2 Å². The van der Waals surface area contributed by atoms with E-state index in [0.29, 0.717) is 5.75 Å². The first-order chi connectivity index (χ1) is 9.28. The Balaban J connectivity index is 1.69. The van der Waals surface area contributed by atoms with Crippen LogP contribution in [0, 0.1) is 0 Å². The molecule has 0 bridgehead atoms. The van der Waals surface area contributed by atoms with Crippen LogP contribution in [0.2, 0.25) is 0 Å². The molecule has 1 aliphatic rings. The lowest BCUT2D eigenvalue weighted by molar-refractivity contribution is -0.118. The van der Waals surface area contributed by atoms with E-state index in [0.717, 1.165) is 30.4 Å². The third-order valence-electron chi connectivity index (χ3n) is 3.04. The minimum absolute atomic E-state index is 0.117. The minimum Gasteiger partial charge on any atom is -0.355 e. The molecular formula is C15H22N2OS. The number of rotatable bonds is 8. The predicted octanol–water partition coefficient (Wildman–Crippen LogP) is 2.56. The molecule has 4 heteroatoms. The van der Waals surface area contributed by atoms with Crippen LogP contribution in [0.1, 0.15) is 31.7 Å². The Bertz CT molecular complexity index is 401. The number of benzene rings is 1. The molecule has 1 fully saturated rings. The van der Waals surface area contributed by atoms with Crippen molar-refractivity contribution in [1.82, 2.24) is 10.6 Å². The molecule has 0 aliphatic heterocycles. The fourth-order valence-electron chi connectivity index (χ4n) is 1.72. The van der Waals surface area contributed by atoms with Crippen LogP contribution in [0.3, 0.4) is 0 Å². The summed E-state index contributed by atoms with van der Waals surface area (Å²) in [6.07, 6.45) is 3.63. The highest BCUT2D eigenvalue weighted by atomic mass is 32.2. The Kier molecular flexibility index (Phi) is 5.73. The van der Waals surface area contributed by atoms with E-state index < -0.39 is 0 Å². The van der Waals surface area contributed by atoms with Gasteiger partial charge in [0.2, 0.25) is 5.91 Å². The van der Waals surface area contributed by atoms with Gasteiger partial charge >= 0.3 is 0 Å². The molecule has 1 aromatic carbocycles. The van der Waals surface area contributed by atoms with E-state index in [1.54, 1.807) is 11.8 Å². The zero-order valence-electron chi connectivity index (χ0n) is 11.4. The maximum absolute atomic E-state index is 11.5. The maximum atomic E-state index is 11.5. The summed E-state index contributed by atoms with van der Waals surface area (Å²) in [5, 5.41) is 6.38. The highest BCUT2D eigenvalue weighted by Crippen LogP contribution is 2.21. The van der Waals surface area contributed by atoms with Crippen LogP contribution in [0.25, 0.3) is 0 Å². The summed E-state index contributed by atoms with van der Waals surface area (Å²) in [5.74, 6) is 0.617. The van der Waals surface area contributed by atoms with Crippen molar-refractivity contribution in [3.8, 4) is 0 Å². The largest absolute Gasteiger partial charge is 0.355 e. The summed E-state index contributed by atoms with van der Waals surface area (Å²) in [7, 11) is 0. The van der Waals surface area contributed by atoms with Gasteiger partial charge in [-0.05, 0) is 37.0 Å². The van der Waals surface area contributed by atoms with Crippen molar-refractivity contribution in [2.45, 2.75) is 43.7 Å². The van der Waals surface area contributed by atoms with Gasteiger partial charge in [-0.1, -0.05) is 19.1 Å². The number of hydrogen-bond donors (Lipinski definition) is 2. The molecule has 0 atom stereocenters. The first-order valence-corrected chi connectivity index (χ1v) is 7.98. The number of nitrogens with one attached hydrogen (secondary N) is 2. The number of amides is 1. The molecular weight excluding hydrogens is 256 g/mol. The van der Waals surface area contributed by atoms with E-state index in [9.17, 15) is 4.79 Å². The van der Waals surface area contributed by atoms with Crippen molar-refractivity contribution in [1.29, 1.82) is 0 Å². The number of carbonyl (C=O) groups excluding carboxylic acids is 1. The van der Waals surface area contributed by atoms with Crippen molar-refractivity contribution in [3.05, 3.63) is 29.8 Å². The van der Waals surface area contributed by atoms with Crippen molar-refractivity contribution in [2.75, 3.05) is 12.3 Å². The molecule has 0 aromatic heterocycles. The van der Waals surface area contributed by atoms with Crippen molar-refractivity contribution >= 4 is 17.7 Å². The molecule has 3 nitrogen and oxygen atoms in total. The van der Waals surface area contributed by atoms with Gasteiger partial charge < -0.3 is 10.6 Å². The Morgan fingerprint density at radius 2 is 2.05 bits per heavy atom. The fraction of sp³-hybridized carbons (Fsp3) is 0.533. The van der Waals surface area contributed by atoms with Crippen molar-refractivity contribution in [3.63, 3.8) is 0 Å². The van der Waals surface area contributed by atoms with Crippen molar-refractivity contribution in [2.24, 2.45) is 0 Å². The highest BCUT2D eigenvalue weighted by molar-refractivity contribution is 8.00. The third-order valence-corrected chi connectivity index (χ3v) is 4.05. The Labute approximate surface area is 119 Å². The summed E-state index contributed by atoms with van der Waals surface area (Å²) in [6.45, 7) is 3.78. The van der Waals surface area contributed by atoms with Gasteiger partial charge in [0.05, 0.1) is 5.75 Å². The smallest absolute Gasteiger partial charge is 0.230 e. The predicted molar refractivity (Wildman–Crippen MR) is 80.3 cm³/mol. The molecule has 2 rings (SSSR count). The SMILES string of the molecule is CCCNC(=O)CSc1ccc(CNC2CC2)cc1. The molecule has 2 N–H and O–H groups in total. The van der Waals surface area contributed by atoms with Gasteiger partial charge in [0.1, 0.15) is 0 Å². The summed E-state index contributed by atoms with van der Waals surface area (Å²) in [6, 6.07) is 9.23. The van der Waals surface area contributed by atoms with Crippen LogP contribution < -0.4 is 10.6 Å². The first kappa shape index (κ1) is 14.4. The van der Waals surface area contributed by atoms with E-state index in [-0.39, 0.29) is 5.91 Å². The summed E-state index contributed by atoms with van der Waals surface area (Å²) < 4.78 is 0. The Morgan fingerprint density at radius 3 is 2.68 bits per heavy atom.